The van der Waals surface area contributed by atoms with Crippen molar-refractivity contribution < 1.29 is 9.84 Å². The van der Waals surface area contributed by atoms with Crippen molar-refractivity contribution in [2.24, 2.45) is 23.5 Å². The summed E-state index contributed by atoms with van der Waals surface area (Å²) in [6, 6.07) is 7.97. The van der Waals surface area contributed by atoms with Gasteiger partial charge in [0.2, 0.25) is 0 Å². The summed E-state index contributed by atoms with van der Waals surface area (Å²) in [5, 5.41) is 10.5. The van der Waals surface area contributed by atoms with Crippen LogP contribution in [0.5, 0.6) is 5.75 Å². The molecule has 0 aliphatic heterocycles. The highest BCUT2D eigenvalue weighted by atomic mass is 16.5. The largest absolute Gasteiger partial charge is 0.493 e. The fourth-order valence-corrected chi connectivity index (χ4v) is 2.31. The SMILES string of the molecule is CC(C)COc1ccc(C(CN)C(O)C(C)C(C)C)cc1. The molecule has 1 aromatic carbocycles. The first-order chi connectivity index (χ1) is 9.86. The average molecular weight is 293 g/mol. The van der Waals surface area contributed by atoms with Gasteiger partial charge in [-0.25, -0.2) is 0 Å². The third-order valence-electron chi connectivity index (χ3n) is 4.15. The number of hydrogen-bond donors (Lipinski definition) is 2. The van der Waals surface area contributed by atoms with Gasteiger partial charge in [0, 0.05) is 12.5 Å². The number of benzene rings is 1. The number of aliphatic hydroxyl groups excluding tert-OH is 1. The van der Waals surface area contributed by atoms with Crippen molar-refractivity contribution >= 4 is 0 Å². The fraction of sp³-hybridized carbons (Fsp3) is 0.667. The molecule has 1 aromatic rings. The van der Waals surface area contributed by atoms with E-state index in [4.69, 9.17) is 10.5 Å². The summed E-state index contributed by atoms with van der Waals surface area (Å²) in [5.74, 6) is 2.00. The summed E-state index contributed by atoms with van der Waals surface area (Å²) < 4.78 is 5.69. The van der Waals surface area contributed by atoms with Crippen molar-refractivity contribution in [2.45, 2.75) is 46.6 Å². The molecule has 3 N–H and O–H groups in total. The summed E-state index contributed by atoms with van der Waals surface area (Å²) in [6.45, 7) is 11.8. The Morgan fingerprint density at radius 2 is 1.62 bits per heavy atom. The van der Waals surface area contributed by atoms with Crippen LogP contribution in [0.4, 0.5) is 0 Å². The maximum Gasteiger partial charge on any atom is 0.119 e. The van der Waals surface area contributed by atoms with Crippen LogP contribution in [0, 0.1) is 17.8 Å². The second-order valence-corrected chi connectivity index (χ2v) is 6.71. The lowest BCUT2D eigenvalue weighted by Gasteiger charge is -2.29. The first-order valence-electron chi connectivity index (χ1n) is 7.97. The third-order valence-corrected chi connectivity index (χ3v) is 4.15. The van der Waals surface area contributed by atoms with E-state index in [1.807, 2.05) is 24.3 Å². The van der Waals surface area contributed by atoms with Gasteiger partial charge < -0.3 is 15.6 Å². The first kappa shape index (κ1) is 18.0. The van der Waals surface area contributed by atoms with E-state index in [1.54, 1.807) is 0 Å². The summed E-state index contributed by atoms with van der Waals surface area (Å²) >= 11 is 0. The zero-order valence-electron chi connectivity index (χ0n) is 14.0. The molecule has 0 heterocycles. The molecule has 21 heavy (non-hydrogen) atoms. The molecule has 3 unspecified atom stereocenters. The molecule has 0 radical (unpaired) electrons. The van der Waals surface area contributed by atoms with Crippen LogP contribution in [0.3, 0.4) is 0 Å². The van der Waals surface area contributed by atoms with Crippen molar-refractivity contribution in [3.63, 3.8) is 0 Å². The standard InChI is InChI=1S/C18H31NO2/c1-12(2)11-21-16-8-6-15(7-9-16)17(10-19)18(20)14(5)13(3)4/h6-9,12-14,17-18,20H,10-11,19H2,1-5H3. The van der Waals surface area contributed by atoms with Gasteiger partial charge in [0.25, 0.3) is 0 Å². The van der Waals surface area contributed by atoms with Crippen LogP contribution in [0.1, 0.15) is 46.1 Å². The van der Waals surface area contributed by atoms with Crippen molar-refractivity contribution in [1.29, 1.82) is 0 Å². The minimum atomic E-state index is -0.419. The first-order valence-corrected chi connectivity index (χ1v) is 7.97. The van der Waals surface area contributed by atoms with Crippen molar-refractivity contribution in [1.82, 2.24) is 0 Å². The van der Waals surface area contributed by atoms with E-state index >= 15 is 0 Å². The molecule has 0 spiro atoms. The predicted octanol–water partition coefficient (Wildman–Crippen LogP) is 3.42. The van der Waals surface area contributed by atoms with E-state index in [0.717, 1.165) is 11.3 Å². The Bertz CT molecular complexity index is 400. The highest BCUT2D eigenvalue weighted by Crippen LogP contribution is 2.28. The molecular weight excluding hydrogens is 262 g/mol. The number of rotatable bonds is 8. The Morgan fingerprint density at radius 3 is 2.05 bits per heavy atom. The Balaban J connectivity index is 2.77. The van der Waals surface area contributed by atoms with Crippen LogP contribution in [0.25, 0.3) is 0 Å². The Morgan fingerprint density at radius 1 is 1.05 bits per heavy atom. The van der Waals surface area contributed by atoms with Gasteiger partial charge in [-0.2, -0.15) is 0 Å². The van der Waals surface area contributed by atoms with E-state index in [0.29, 0.717) is 25.0 Å². The summed E-state index contributed by atoms with van der Waals surface area (Å²) in [4.78, 5) is 0. The second kappa shape index (κ2) is 8.40. The zero-order chi connectivity index (χ0) is 16.0. The second-order valence-electron chi connectivity index (χ2n) is 6.71. The van der Waals surface area contributed by atoms with Crippen molar-refractivity contribution in [3.8, 4) is 5.75 Å². The lowest BCUT2D eigenvalue weighted by Crippen LogP contribution is -2.33. The van der Waals surface area contributed by atoms with Gasteiger partial charge >= 0.3 is 0 Å². The molecule has 0 aliphatic rings. The van der Waals surface area contributed by atoms with Gasteiger partial charge in [-0.15, -0.1) is 0 Å². The van der Waals surface area contributed by atoms with Crippen LogP contribution in [0.15, 0.2) is 24.3 Å². The van der Waals surface area contributed by atoms with Gasteiger partial charge in [0.1, 0.15) is 5.75 Å². The Labute approximate surface area is 129 Å². The predicted molar refractivity (Wildman–Crippen MR) is 88.6 cm³/mol. The monoisotopic (exact) mass is 293 g/mol. The highest BCUT2D eigenvalue weighted by Gasteiger charge is 2.26. The van der Waals surface area contributed by atoms with Crippen molar-refractivity contribution in [2.75, 3.05) is 13.2 Å². The maximum atomic E-state index is 10.5. The number of aliphatic hydroxyl groups is 1. The molecule has 0 aliphatic carbocycles. The molecular formula is C18H31NO2. The lowest BCUT2D eigenvalue weighted by molar-refractivity contribution is 0.0684. The summed E-state index contributed by atoms with van der Waals surface area (Å²) in [6.07, 6.45) is -0.419. The molecule has 0 amide bonds. The number of nitrogens with two attached hydrogens (primary N) is 1. The van der Waals surface area contributed by atoms with Gasteiger partial charge in [0.05, 0.1) is 12.7 Å². The smallest absolute Gasteiger partial charge is 0.119 e. The van der Waals surface area contributed by atoms with E-state index in [9.17, 15) is 5.11 Å². The van der Waals surface area contributed by atoms with Crippen LogP contribution in [-0.2, 0) is 0 Å². The topological polar surface area (TPSA) is 55.5 Å². The minimum Gasteiger partial charge on any atom is -0.493 e. The molecule has 0 bridgehead atoms. The lowest BCUT2D eigenvalue weighted by atomic mass is 9.81. The number of ether oxygens (including phenoxy) is 1. The molecule has 0 fully saturated rings. The van der Waals surface area contributed by atoms with Gasteiger partial charge in [-0.1, -0.05) is 46.8 Å². The zero-order valence-corrected chi connectivity index (χ0v) is 14.0. The van der Waals surface area contributed by atoms with Crippen LogP contribution < -0.4 is 10.5 Å². The minimum absolute atomic E-state index is 0.0263. The van der Waals surface area contributed by atoms with Gasteiger partial charge in [0.15, 0.2) is 0 Å². The molecule has 0 aromatic heterocycles. The summed E-state index contributed by atoms with van der Waals surface area (Å²) in [5.41, 5.74) is 6.97. The molecule has 3 heteroatoms. The molecule has 3 nitrogen and oxygen atoms in total. The van der Waals surface area contributed by atoms with E-state index in [-0.39, 0.29) is 11.8 Å². The molecule has 0 saturated carbocycles. The quantitative estimate of drug-likeness (QED) is 0.772. The highest BCUT2D eigenvalue weighted by molar-refractivity contribution is 5.30. The maximum absolute atomic E-state index is 10.5. The van der Waals surface area contributed by atoms with Gasteiger partial charge in [-0.05, 0) is 35.4 Å². The average Bonchev–Trinajstić information content (AvgIpc) is 2.46. The Hall–Kier alpha value is -1.06. The number of hydrogen-bond acceptors (Lipinski definition) is 3. The third kappa shape index (κ3) is 5.33. The molecule has 120 valence electrons. The van der Waals surface area contributed by atoms with Crippen LogP contribution in [0.2, 0.25) is 0 Å². The summed E-state index contributed by atoms with van der Waals surface area (Å²) in [7, 11) is 0. The molecule has 0 saturated heterocycles. The van der Waals surface area contributed by atoms with E-state index < -0.39 is 6.10 Å². The fourth-order valence-electron chi connectivity index (χ4n) is 2.31. The molecule has 3 atom stereocenters. The van der Waals surface area contributed by atoms with Crippen molar-refractivity contribution in [3.05, 3.63) is 29.8 Å². The van der Waals surface area contributed by atoms with E-state index in [1.165, 1.54) is 0 Å². The van der Waals surface area contributed by atoms with Crippen LogP contribution in [-0.4, -0.2) is 24.4 Å². The van der Waals surface area contributed by atoms with Crippen LogP contribution >= 0.6 is 0 Å². The van der Waals surface area contributed by atoms with Gasteiger partial charge in [-0.3, -0.25) is 0 Å². The Kier molecular flexibility index (Phi) is 7.20. The van der Waals surface area contributed by atoms with E-state index in [2.05, 4.69) is 34.6 Å². The molecule has 1 rings (SSSR count). The normalized spacial score (nSPS) is 16.0.